The van der Waals surface area contributed by atoms with Gasteiger partial charge >= 0.3 is 0 Å². The average molecular weight is 395 g/mol. The molecule has 23 heavy (non-hydrogen) atoms. The van der Waals surface area contributed by atoms with Gasteiger partial charge < -0.3 is 9.88 Å². The Kier molecular flexibility index (Phi) is 5.06. The summed E-state index contributed by atoms with van der Waals surface area (Å²) >= 11 is 4.94. The van der Waals surface area contributed by atoms with E-state index in [9.17, 15) is 4.79 Å². The minimum absolute atomic E-state index is 0.00535. The van der Waals surface area contributed by atoms with Gasteiger partial charge in [0.15, 0.2) is 5.16 Å². The van der Waals surface area contributed by atoms with Crippen LogP contribution in [0.15, 0.2) is 33.9 Å². The van der Waals surface area contributed by atoms with Crippen LogP contribution in [0.2, 0.25) is 0 Å². The number of thioether (sulfide) groups is 1. The van der Waals surface area contributed by atoms with E-state index < -0.39 is 0 Å². The summed E-state index contributed by atoms with van der Waals surface area (Å²) in [6.07, 6.45) is 2.39. The first-order valence-corrected chi connectivity index (χ1v) is 9.40. The predicted molar refractivity (Wildman–Crippen MR) is 94.4 cm³/mol. The largest absolute Gasteiger partial charge is 0.349 e. The molecule has 1 aromatic heterocycles. The SMILES string of the molecule is C[C@H](NC(=O)CSc1nnc(C2CC2)n1C)c1ccccc1Br. The highest BCUT2D eigenvalue weighted by molar-refractivity contribution is 9.10. The molecule has 1 atom stereocenters. The molecule has 1 aromatic carbocycles. The van der Waals surface area contributed by atoms with Crippen LogP contribution in [0.4, 0.5) is 0 Å². The standard InChI is InChI=1S/C16H19BrN4OS/c1-10(12-5-3-4-6-13(12)17)18-14(22)9-23-16-20-19-15(21(16)2)11-7-8-11/h3-6,10-11H,7-9H2,1-2H3,(H,18,22)/t10-/m0/s1. The molecule has 0 spiro atoms. The Morgan fingerprint density at radius 2 is 2.17 bits per heavy atom. The van der Waals surface area contributed by atoms with E-state index >= 15 is 0 Å². The van der Waals surface area contributed by atoms with Crippen molar-refractivity contribution in [2.24, 2.45) is 7.05 Å². The second kappa shape index (κ2) is 7.05. The molecule has 3 rings (SSSR count). The fraction of sp³-hybridized carbons (Fsp3) is 0.438. The van der Waals surface area contributed by atoms with E-state index in [2.05, 4.69) is 31.4 Å². The summed E-state index contributed by atoms with van der Waals surface area (Å²) in [5.74, 6) is 1.93. The molecular weight excluding hydrogens is 376 g/mol. The molecule has 0 unspecified atom stereocenters. The van der Waals surface area contributed by atoms with Crippen LogP contribution in [0.3, 0.4) is 0 Å². The second-order valence-electron chi connectivity index (χ2n) is 5.77. The number of hydrogen-bond acceptors (Lipinski definition) is 4. The van der Waals surface area contributed by atoms with Gasteiger partial charge in [0, 0.05) is 17.4 Å². The van der Waals surface area contributed by atoms with E-state index in [1.54, 1.807) is 0 Å². The van der Waals surface area contributed by atoms with Crippen LogP contribution in [0.25, 0.3) is 0 Å². The first-order valence-electron chi connectivity index (χ1n) is 7.62. The molecule has 7 heteroatoms. The molecule has 0 bridgehead atoms. The Labute approximate surface area is 148 Å². The Hall–Kier alpha value is -1.34. The molecule has 0 saturated heterocycles. The van der Waals surface area contributed by atoms with Crippen LogP contribution in [-0.2, 0) is 11.8 Å². The molecule has 0 radical (unpaired) electrons. The maximum atomic E-state index is 12.2. The number of halogens is 1. The topological polar surface area (TPSA) is 59.8 Å². The van der Waals surface area contributed by atoms with Gasteiger partial charge in [-0.05, 0) is 31.4 Å². The normalized spacial score (nSPS) is 15.4. The first kappa shape index (κ1) is 16.5. The van der Waals surface area contributed by atoms with Crippen LogP contribution in [-0.4, -0.2) is 26.4 Å². The van der Waals surface area contributed by atoms with Gasteiger partial charge in [0.2, 0.25) is 5.91 Å². The van der Waals surface area contributed by atoms with Crippen molar-refractivity contribution in [3.05, 3.63) is 40.1 Å². The van der Waals surface area contributed by atoms with Crippen LogP contribution >= 0.6 is 27.7 Å². The zero-order valence-electron chi connectivity index (χ0n) is 13.1. The number of nitrogens with zero attached hydrogens (tertiary/aromatic N) is 3. The molecular formula is C16H19BrN4OS. The van der Waals surface area contributed by atoms with Gasteiger partial charge in [0.05, 0.1) is 11.8 Å². The lowest BCUT2D eigenvalue weighted by atomic mass is 10.1. The molecule has 1 saturated carbocycles. The van der Waals surface area contributed by atoms with Crippen molar-refractivity contribution < 1.29 is 4.79 Å². The van der Waals surface area contributed by atoms with Gasteiger partial charge in [0.1, 0.15) is 5.82 Å². The van der Waals surface area contributed by atoms with Gasteiger partial charge in [-0.25, -0.2) is 0 Å². The number of carbonyl (C=O) groups is 1. The number of amides is 1. The van der Waals surface area contributed by atoms with Crippen LogP contribution in [0.5, 0.6) is 0 Å². The minimum atomic E-state index is -0.0415. The molecule has 1 fully saturated rings. The molecule has 5 nitrogen and oxygen atoms in total. The summed E-state index contributed by atoms with van der Waals surface area (Å²) in [6, 6.07) is 7.87. The van der Waals surface area contributed by atoms with E-state index in [4.69, 9.17) is 0 Å². The van der Waals surface area contributed by atoms with E-state index in [0.717, 1.165) is 21.0 Å². The van der Waals surface area contributed by atoms with Crippen LogP contribution < -0.4 is 5.32 Å². The molecule has 122 valence electrons. The summed E-state index contributed by atoms with van der Waals surface area (Å²) < 4.78 is 3.01. The highest BCUT2D eigenvalue weighted by Gasteiger charge is 2.29. The van der Waals surface area contributed by atoms with Gasteiger partial charge in [-0.3, -0.25) is 4.79 Å². The Morgan fingerprint density at radius 3 is 2.87 bits per heavy atom. The van der Waals surface area contributed by atoms with E-state index in [-0.39, 0.29) is 11.9 Å². The third-order valence-electron chi connectivity index (χ3n) is 3.89. The number of aromatic nitrogens is 3. The smallest absolute Gasteiger partial charge is 0.230 e. The Morgan fingerprint density at radius 1 is 1.43 bits per heavy atom. The zero-order chi connectivity index (χ0) is 16.4. The minimum Gasteiger partial charge on any atom is -0.349 e. The Balaban J connectivity index is 1.54. The third kappa shape index (κ3) is 3.95. The number of rotatable bonds is 6. The summed E-state index contributed by atoms with van der Waals surface area (Å²) in [5.41, 5.74) is 1.07. The molecule has 1 aliphatic carbocycles. The Bertz CT molecular complexity index is 714. The van der Waals surface area contributed by atoms with Crippen LogP contribution in [0.1, 0.15) is 43.1 Å². The molecule has 2 aromatic rings. The van der Waals surface area contributed by atoms with Gasteiger partial charge in [0.25, 0.3) is 0 Å². The van der Waals surface area contributed by atoms with Crippen molar-refractivity contribution >= 4 is 33.6 Å². The molecule has 1 aliphatic rings. The quantitative estimate of drug-likeness (QED) is 0.762. The molecule has 1 heterocycles. The van der Waals surface area contributed by atoms with Crippen molar-refractivity contribution in [3.8, 4) is 0 Å². The number of nitrogens with one attached hydrogen (secondary N) is 1. The summed E-state index contributed by atoms with van der Waals surface area (Å²) in [5, 5.41) is 12.2. The van der Waals surface area contributed by atoms with Gasteiger partial charge in [-0.1, -0.05) is 45.9 Å². The maximum Gasteiger partial charge on any atom is 0.230 e. The number of hydrogen-bond donors (Lipinski definition) is 1. The number of carbonyl (C=O) groups excluding carboxylic acids is 1. The van der Waals surface area contributed by atoms with Gasteiger partial charge in [-0.15, -0.1) is 10.2 Å². The highest BCUT2D eigenvalue weighted by Crippen LogP contribution is 2.39. The van der Waals surface area contributed by atoms with Crippen molar-refractivity contribution in [1.29, 1.82) is 0 Å². The lowest BCUT2D eigenvalue weighted by Crippen LogP contribution is -2.28. The maximum absolute atomic E-state index is 12.2. The molecule has 1 N–H and O–H groups in total. The average Bonchev–Trinajstić information content (AvgIpc) is 3.29. The lowest BCUT2D eigenvalue weighted by Gasteiger charge is -2.15. The third-order valence-corrected chi connectivity index (χ3v) is 5.64. The van der Waals surface area contributed by atoms with Crippen LogP contribution in [0, 0.1) is 0 Å². The highest BCUT2D eigenvalue weighted by atomic mass is 79.9. The summed E-state index contributed by atoms with van der Waals surface area (Å²) in [7, 11) is 1.97. The second-order valence-corrected chi connectivity index (χ2v) is 7.57. The van der Waals surface area contributed by atoms with Crippen molar-refractivity contribution in [3.63, 3.8) is 0 Å². The molecule has 0 aliphatic heterocycles. The van der Waals surface area contributed by atoms with E-state index in [0.29, 0.717) is 11.7 Å². The van der Waals surface area contributed by atoms with Crippen molar-refractivity contribution in [1.82, 2.24) is 20.1 Å². The monoisotopic (exact) mass is 394 g/mol. The zero-order valence-corrected chi connectivity index (χ0v) is 15.5. The fourth-order valence-corrected chi connectivity index (χ4v) is 3.82. The summed E-state index contributed by atoms with van der Waals surface area (Å²) in [6.45, 7) is 1.98. The van der Waals surface area contributed by atoms with E-state index in [1.165, 1.54) is 24.6 Å². The fourth-order valence-electron chi connectivity index (χ4n) is 2.47. The van der Waals surface area contributed by atoms with E-state index in [1.807, 2.05) is 42.8 Å². The molecule has 1 amide bonds. The lowest BCUT2D eigenvalue weighted by molar-refractivity contribution is -0.119. The first-order chi connectivity index (χ1) is 11.1. The number of benzene rings is 1. The van der Waals surface area contributed by atoms with Crippen molar-refractivity contribution in [2.45, 2.75) is 36.9 Å². The van der Waals surface area contributed by atoms with Gasteiger partial charge in [-0.2, -0.15) is 0 Å². The predicted octanol–water partition coefficient (Wildman–Crippen LogP) is 3.42. The summed E-state index contributed by atoms with van der Waals surface area (Å²) in [4.78, 5) is 12.2. The van der Waals surface area contributed by atoms with Crippen molar-refractivity contribution in [2.75, 3.05) is 5.75 Å².